The molecule has 0 amide bonds. The summed E-state index contributed by atoms with van der Waals surface area (Å²) in [5.41, 5.74) is 1.35. The number of hydrogen-bond donors (Lipinski definition) is 0. The van der Waals surface area contributed by atoms with Crippen molar-refractivity contribution in [3.05, 3.63) is 47.0 Å². The van der Waals surface area contributed by atoms with Crippen molar-refractivity contribution in [2.75, 3.05) is 6.61 Å². The van der Waals surface area contributed by atoms with Crippen molar-refractivity contribution in [3.63, 3.8) is 0 Å². The van der Waals surface area contributed by atoms with Crippen LogP contribution < -0.4 is 0 Å². The lowest BCUT2D eigenvalue weighted by Gasteiger charge is -2.15. The van der Waals surface area contributed by atoms with E-state index in [-0.39, 0.29) is 12.6 Å². The minimum Gasteiger partial charge on any atom is -0.452 e. The van der Waals surface area contributed by atoms with Gasteiger partial charge in [0, 0.05) is 17.4 Å². The molecule has 120 valence electrons. The molecular formula is C19H14O5. The van der Waals surface area contributed by atoms with E-state index in [9.17, 15) is 14.4 Å². The molecule has 0 fully saturated rings. The smallest absolute Gasteiger partial charge is 0.346 e. The van der Waals surface area contributed by atoms with Gasteiger partial charge in [0.15, 0.2) is 6.61 Å². The second kappa shape index (κ2) is 6.55. The lowest BCUT2D eigenvalue weighted by molar-refractivity contribution is -0.142. The van der Waals surface area contributed by atoms with Crippen molar-refractivity contribution in [1.82, 2.24) is 0 Å². The summed E-state index contributed by atoms with van der Waals surface area (Å²) in [6, 6.07) is 8.41. The first-order valence-electron chi connectivity index (χ1n) is 7.58. The maximum absolute atomic E-state index is 11.9. The van der Waals surface area contributed by atoms with Crippen LogP contribution in [0.25, 0.3) is 10.8 Å². The first kappa shape index (κ1) is 15.8. The van der Waals surface area contributed by atoms with Crippen LogP contribution in [-0.2, 0) is 14.3 Å². The SMILES string of the molecule is CCCC(=O)OCC#Cc1ccc2c3c(cccc13)C(=O)OC2=O. The molecule has 5 nitrogen and oxygen atoms in total. The maximum Gasteiger partial charge on any atom is 0.346 e. The number of rotatable bonds is 3. The van der Waals surface area contributed by atoms with E-state index in [4.69, 9.17) is 9.47 Å². The highest BCUT2D eigenvalue weighted by molar-refractivity contribution is 6.21. The third-order valence-electron chi connectivity index (χ3n) is 3.65. The van der Waals surface area contributed by atoms with E-state index < -0.39 is 11.9 Å². The molecule has 2 aromatic rings. The summed E-state index contributed by atoms with van der Waals surface area (Å²) in [5, 5.41) is 1.25. The number of ether oxygens (including phenoxy) is 2. The van der Waals surface area contributed by atoms with Gasteiger partial charge >= 0.3 is 17.9 Å². The molecule has 1 heterocycles. The quantitative estimate of drug-likeness (QED) is 0.494. The van der Waals surface area contributed by atoms with Crippen molar-refractivity contribution >= 4 is 28.7 Å². The van der Waals surface area contributed by atoms with E-state index in [2.05, 4.69) is 11.8 Å². The Hall–Kier alpha value is -3.13. The molecule has 1 aliphatic rings. The monoisotopic (exact) mass is 322 g/mol. The Balaban J connectivity index is 1.95. The van der Waals surface area contributed by atoms with Crippen molar-refractivity contribution in [3.8, 4) is 11.8 Å². The Morgan fingerprint density at radius 1 is 1.12 bits per heavy atom. The van der Waals surface area contributed by atoms with Crippen LogP contribution in [0.4, 0.5) is 0 Å². The summed E-state index contributed by atoms with van der Waals surface area (Å²) >= 11 is 0. The summed E-state index contributed by atoms with van der Waals surface area (Å²) in [7, 11) is 0. The number of benzene rings is 2. The summed E-state index contributed by atoms with van der Waals surface area (Å²) < 4.78 is 9.71. The van der Waals surface area contributed by atoms with E-state index in [1.165, 1.54) is 0 Å². The highest BCUT2D eigenvalue weighted by Crippen LogP contribution is 2.30. The van der Waals surface area contributed by atoms with E-state index in [1.54, 1.807) is 30.3 Å². The molecule has 0 N–H and O–H groups in total. The Bertz CT molecular complexity index is 894. The van der Waals surface area contributed by atoms with Crippen LogP contribution in [0.15, 0.2) is 30.3 Å². The number of hydrogen-bond acceptors (Lipinski definition) is 5. The normalized spacial score (nSPS) is 12.4. The van der Waals surface area contributed by atoms with Crippen LogP contribution in [0.2, 0.25) is 0 Å². The van der Waals surface area contributed by atoms with Crippen molar-refractivity contribution in [2.24, 2.45) is 0 Å². The van der Waals surface area contributed by atoms with Gasteiger partial charge < -0.3 is 9.47 Å². The predicted molar refractivity (Wildman–Crippen MR) is 86.4 cm³/mol. The zero-order valence-electron chi connectivity index (χ0n) is 13.0. The highest BCUT2D eigenvalue weighted by Gasteiger charge is 2.27. The minimum atomic E-state index is -0.656. The average molecular weight is 322 g/mol. The average Bonchev–Trinajstić information content (AvgIpc) is 2.57. The summed E-state index contributed by atoms with van der Waals surface area (Å²) in [6.45, 7) is 1.90. The van der Waals surface area contributed by atoms with Gasteiger partial charge in [0.1, 0.15) is 0 Å². The van der Waals surface area contributed by atoms with Gasteiger partial charge in [0.25, 0.3) is 0 Å². The van der Waals surface area contributed by atoms with Gasteiger partial charge in [-0.05, 0) is 30.0 Å². The standard InChI is InChI=1S/C19H14O5/c1-2-5-16(20)23-11-4-6-12-9-10-15-17-13(12)7-3-8-14(17)18(21)24-19(15)22/h3,7-10H,2,5,11H2,1H3. The van der Waals surface area contributed by atoms with Crippen molar-refractivity contribution in [1.29, 1.82) is 0 Å². The number of esters is 3. The van der Waals surface area contributed by atoms with Gasteiger partial charge in [-0.2, -0.15) is 0 Å². The van der Waals surface area contributed by atoms with Crippen LogP contribution in [0, 0.1) is 11.8 Å². The zero-order valence-corrected chi connectivity index (χ0v) is 13.0. The lowest BCUT2D eigenvalue weighted by atomic mass is 9.94. The molecule has 0 saturated carbocycles. The molecule has 0 bridgehead atoms. The summed E-state index contributed by atoms with van der Waals surface area (Å²) in [5.74, 6) is 4.12. The molecule has 0 aromatic heterocycles. The molecule has 24 heavy (non-hydrogen) atoms. The molecule has 3 rings (SSSR count). The Morgan fingerprint density at radius 2 is 1.88 bits per heavy atom. The van der Waals surface area contributed by atoms with Gasteiger partial charge in [-0.25, -0.2) is 9.59 Å². The second-order valence-corrected chi connectivity index (χ2v) is 5.28. The van der Waals surface area contributed by atoms with Gasteiger partial charge in [-0.15, -0.1) is 0 Å². The number of carbonyl (C=O) groups excluding carboxylic acids is 3. The van der Waals surface area contributed by atoms with Crippen LogP contribution in [0.3, 0.4) is 0 Å². The van der Waals surface area contributed by atoms with Gasteiger partial charge in [-0.1, -0.05) is 30.9 Å². The number of cyclic esters (lactones) is 2. The fourth-order valence-corrected chi connectivity index (χ4v) is 2.57. The maximum atomic E-state index is 11.9. The van der Waals surface area contributed by atoms with Crippen LogP contribution in [-0.4, -0.2) is 24.5 Å². The first-order valence-corrected chi connectivity index (χ1v) is 7.58. The molecule has 0 spiro atoms. The van der Waals surface area contributed by atoms with Gasteiger partial charge in [-0.3, -0.25) is 4.79 Å². The Labute approximate surface area is 138 Å². The fraction of sp³-hybridized carbons (Fsp3) is 0.211. The van der Waals surface area contributed by atoms with E-state index in [0.29, 0.717) is 33.9 Å². The van der Waals surface area contributed by atoms with E-state index >= 15 is 0 Å². The molecular weight excluding hydrogens is 308 g/mol. The van der Waals surface area contributed by atoms with Crippen LogP contribution in [0.1, 0.15) is 46.0 Å². The minimum absolute atomic E-state index is 0.00272. The summed E-state index contributed by atoms with van der Waals surface area (Å²) in [6.07, 6.45) is 1.10. The first-order chi connectivity index (χ1) is 11.6. The Morgan fingerprint density at radius 3 is 2.62 bits per heavy atom. The van der Waals surface area contributed by atoms with Crippen molar-refractivity contribution in [2.45, 2.75) is 19.8 Å². The lowest BCUT2D eigenvalue weighted by Crippen LogP contribution is -2.19. The molecule has 0 saturated heterocycles. The van der Waals surface area contributed by atoms with E-state index in [0.717, 1.165) is 6.42 Å². The predicted octanol–water partition coefficient (Wildman–Crippen LogP) is 2.85. The van der Waals surface area contributed by atoms with Gasteiger partial charge in [0.2, 0.25) is 0 Å². The van der Waals surface area contributed by atoms with E-state index in [1.807, 2.05) is 6.92 Å². The van der Waals surface area contributed by atoms with Crippen LogP contribution >= 0.6 is 0 Å². The Kier molecular flexibility index (Phi) is 4.30. The molecule has 0 aliphatic carbocycles. The largest absolute Gasteiger partial charge is 0.452 e. The van der Waals surface area contributed by atoms with Crippen molar-refractivity contribution < 1.29 is 23.9 Å². The molecule has 0 unspecified atom stereocenters. The number of carbonyl (C=O) groups is 3. The molecule has 2 aromatic carbocycles. The highest BCUT2D eigenvalue weighted by atomic mass is 16.6. The third-order valence-corrected chi connectivity index (χ3v) is 3.65. The molecule has 0 atom stereocenters. The second-order valence-electron chi connectivity index (χ2n) is 5.28. The van der Waals surface area contributed by atoms with Gasteiger partial charge in [0.05, 0.1) is 11.1 Å². The third kappa shape index (κ3) is 2.86. The molecule has 0 radical (unpaired) electrons. The fourth-order valence-electron chi connectivity index (χ4n) is 2.57. The molecule has 1 aliphatic heterocycles. The van der Waals surface area contributed by atoms with Crippen LogP contribution in [0.5, 0.6) is 0 Å². The zero-order chi connectivity index (χ0) is 17.1. The topological polar surface area (TPSA) is 69.7 Å². The summed E-state index contributed by atoms with van der Waals surface area (Å²) in [4.78, 5) is 35.0. The molecule has 5 heteroatoms.